The van der Waals surface area contributed by atoms with E-state index in [0.717, 1.165) is 31.7 Å². The van der Waals surface area contributed by atoms with E-state index in [9.17, 15) is 0 Å². The Bertz CT molecular complexity index is 306. The lowest BCUT2D eigenvalue weighted by Crippen LogP contribution is -2.18. The largest absolute Gasteiger partial charge is 0.480 e. The van der Waals surface area contributed by atoms with Gasteiger partial charge in [0, 0.05) is 6.54 Å². The maximum atomic E-state index is 5.54. The Morgan fingerprint density at radius 1 is 1.50 bits per heavy atom. The van der Waals surface area contributed by atoms with Gasteiger partial charge in [-0.1, -0.05) is 13.3 Å². The highest BCUT2D eigenvalue weighted by atomic mass is 16.5. The molecule has 1 heterocycles. The van der Waals surface area contributed by atoms with Gasteiger partial charge in [0.05, 0.1) is 19.5 Å². The molecule has 0 radical (unpaired) electrons. The molecule has 1 rings (SSSR count). The SMILES string of the molecule is CCC(CCN)CNc1cncc(OC)n1. The van der Waals surface area contributed by atoms with Gasteiger partial charge >= 0.3 is 0 Å². The smallest absolute Gasteiger partial charge is 0.233 e. The molecule has 0 aliphatic heterocycles. The van der Waals surface area contributed by atoms with E-state index in [1.165, 1.54) is 0 Å². The van der Waals surface area contributed by atoms with Crippen LogP contribution in [0, 0.1) is 5.92 Å². The maximum absolute atomic E-state index is 5.54. The minimum Gasteiger partial charge on any atom is -0.480 e. The van der Waals surface area contributed by atoms with Crippen molar-refractivity contribution in [2.75, 3.05) is 25.5 Å². The van der Waals surface area contributed by atoms with Crippen molar-refractivity contribution in [3.05, 3.63) is 12.4 Å². The van der Waals surface area contributed by atoms with Crippen LogP contribution in [-0.2, 0) is 0 Å². The van der Waals surface area contributed by atoms with Crippen molar-refractivity contribution in [2.24, 2.45) is 11.7 Å². The predicted molar refractivity (Wildman–Crippen MR) is 64.5 cm³/mol. The van der Waals surface area contributed by atoms with Crippen LogP contribution in [0.25, 0.3) is 0 Å². The van der Waals surface area contributed by atoms with Gasteiger partial charge in [0.2, 0.25) is 5.88 Å². The van der Waals surface area contributed by atoms with E-state index in [-0.39, 0.29) is 0 Å². The number of ether oxygens (including phenoxy) is 1. The summed E-state index contributed by atoms with van der Waals surface area (Å²) in [7, 11) is 1.58. The summed E-state index contributed by atoms with van der Waals surface area (Å²) in [5.74, 6) is 1.85. The minimum atomic E-state index is 0.525. The third kappa shape index (κ3) is 4.02. The molecule has 0 fully saturated rings. The molecule has 5 nitrogen and oxygen atoms in total. The van der Waals surface area contributed by atoms with Crippen molar-refractivity contribution in [1.29, 1.82) is 0 Å². The van der Waals surface area contributed by atoms with Crippen LogP contribution in [0.5, 0.6) is 5.88 Å². The molecule has 0 aliphatic carbocycles. The average molecular weight is 224 g/mol. The summed E-state index contributed by atoms with van der Waals surface area (Å²) in [6.07, 6.45) is 5.42. The molecule has 0 aromatic carbocycles. The van der Waals surface area contributed by atoms with E-state index in [1.54, 1.807) is 19.5 Å². The van der Waals surface area contributed by atoms with Gasteiger partial charge in [0.25, 0.3) is 0 Å². The van der Waals surface area contributed by atoms with Crippen LogP contribution < -0.4 is 15.8 Å². The fraction of sp³-hybridized carbons (Fsp3) is 0.636. The predicted octanol–water partition coefficient (Wildman–Crippen LogP) is 1.27. The Kier molecular flexibility index (Phi) is 5.56. The van der Waals surface area contributed by atoms with Gasteiger partial charge < -0.3 is 15.8 Å². The van der Waals surface area contributed by atoms with Crippen LogP contribution in [0.4, 0.5) is 5.82 Å². The first-order valence-corrected chi connectivity index (χ1v) is 5.60. The number of hydrogen-bond acceptors (Lipinski definition) is 5. The third-order valence-corrected chi connectivity index (χ3v) is 2.55. The first-order chi connectivity index (χ1) is 7.80. The zero-order valence-electron chi connectivity index (χ0n) is 9.94. The Morgan fingerprint density at radius 2 is 2.31 bits per heavy atom. The molecule has 90 valence electrons. The summed E-state index contributed by atoms with van der Waals surface area (Å²) in [4.78, 5) is 8.26. The van der Waals surface area contributed by atoms with Crippen molar-refractivity contribution in [1.82, 2.24) is 9.97 Å². The van der Waals surface area contributed by atoms with Gasteiger partial charge in [-0.25, -0.2) is 0 Å². The highest BCUT2D eigenvalue weighted by molar-refractivity contribution is 5.33. The third-order valence-electron chi connectivity index (χ3n) is 2.55. The van der Waals surface area contributed by atoms with Crippen molar-refractivity contribution < 1.29 is 4.74 Å². The Labute approximate surface area is 96.4 Å². The van der Waals surface area contributed by atoms with E-state index in [0.29, 0.717) is 11.8 Å². The molecule has 0 saturated carbocycles. The van der Waals surface area contributed by atoms with E-state index < -0.39 is 0 Å². The van der Waals surface area contributed by atoms with Gasteiger partial charge in [0.1, 0.15) is 5.82 Å². The number of anilines is 1. The number of nitrogens with one attached hydrogen (secondary N) is 1. The second-order valence-corrected chi connectivity index (χ2v) is 3.68. The standard InChI is InChI=1S/C11H20N4O/c1-3-9(4-5-12)6-14-10-7-13-8-11(15-10)16-2/h7-9H,3-6,12H2,1-2H3,(H,14,15). The van der Waals surface area contributed by atoms with Crippen LogP contribution in [0.3, 0.4) is 0 Å². The monoisotopic (exact) mass is 224 g/mol. The first-order valence-electron chi connectivity index (χ1n) is 5.60. The second kappa shape index (κ2) is 7.00. The molecule has 0 bridgehead atoms. The summed E-state index contributed by atoms with van der Waals surface area (Å²) in [5, 5.41) is 3.25. The van der Waals surface area contributed by atoms with Crippen molar-refractivity contribution in [2.45, 2.75) is 19.8 Å². The first kappa shape index (κ1) is 12.7. The summed E-state index contributed by atoms with van der Waals surface area (Å²) in [5.41, 5.74) is 5.54. The number of nitrogens with zero attached hydrogens (tertiary/aromatic N) is 2. The van der Waals surface area contributed by atoms with Crippen LogP contribution in [-0.4, -0.2) is 30.2 Å². The second-order valence-electron chi connectivity index (χ2n) is 3.68. The zero-order chi connectivity index (χ0) is 11.8. The van der Waals surface area contributed by atoms with Crippen LogP contribution in [0.15, 0.2) is 12.4 Å². The zero-order valence-corrected chi connectivity index (χ0v) is 9.94. The van der Waals surface area contributed by atoms with E-state index in [1.807, 2.05) is 0 Å². The number of nitrogens with two attached hydrogens (primary N) is 1. The molecule has 0 amide bonds. The van der Waals surface area contributed by atoms with Crippen molar-refractivity contribution >= 4 is 5.82 Å². The lowest BCUT2D eigenvalue weighted by molar-refractivity contribution is 0.396. The van der Waals surface area contributed by atoms with Crippen LogP contribution in [0.2, 0.25) is 0 Å². The van der Waals surface area contributed by atoms with E-state index >= 15 is 0 Å². The molecule has 1 aromatic heterocycles. The number of aromatic nitrogens is 2. The fourth-order valence-corrected chi connectivity index (χ4v) is 1.47. The summed E-state index contributed by atoms with van der Waals surface area (Å²) < 4.78 is 5.00. The molecule has 1 atom stereocenters. The number of hydrogen-bond donors (Lipinski definition) is 2. The lowest BCUT2D eigenvalue weighted by Gasteiger charge is -2.14. The van der Waals surface area contributed by atoms with Crippen LogP contribution in [0.1, 0.15) is 19.8 Å². The molecule has 0 spiro atoms. The van der Waals surface area contributed by atoms with Gasteiger partial charge in [-0.3, -0.25) is 4.98 Å². The van der Waals surface area contributed by atoms with Gasteiger partial charge in [-0.15, -0.1) is 0 Å². The number of rotatable bonds is 7. The molecule has 0 aliphatic rings. The molecule has 0 saturated heterocycles. The normalized spacial score (nSPS) is 12.2. The van der Waals surface area contributed by atoms with E-state index in [4.69, 9.17) is 10.5 Å². The molecular formula is C11H20N4O. The molecule has 1 unspecified atom stereocenters. The van der Waals surface area contributed by atoms with Gasteiger partial charge in [-0.2, -0.15) is 4.98 Å². The Hall–Kier alpha value is -1.36. The van der Waals surface area contributed by atoms with Crippen LogP contribution >= 0.6 is 0 Å². The quantitative estimate of drug-likeness (QED) is 0.729. The molecular weight excluding hydrogens is 204 g/mol. The van der Waals surface area contributed by atoms with Gasteiger partial charge in [-0.05, 0) is 18.9 Å². The van der Waals surface area contributed by atoms with Gasteiger partial charge in [0.15, 0.2) is 0 Å². The topological polar surface area (TPSA) is 73.1 Å². The Balaban J connectivity index is 2.46. The van der Waals surface area contributed by atoms with Crippen molar-refractivity contribution in [3.8, 4) is 5.88 Å². The minimum absolute atomic E-state index is 0.525. The maximum Gasteiger partial charge on any atom is 0.233 e. The summed E-state index contributed by atoms with van der Waals surface area (Å²) >= 11 is 0. The molecule has 1 aromatic rings. The molecule has 16 heavy (non-hydrogen) atoms. The average Bonchev–Trinajstić information content (AvgIpc) is 2.34. The fourth-order valence-electron chi connectivity index (χ4n) is 1.47. The molecule has 3 N–H and O–H groups in total. The summed E-state index contributed by atoms with van der Waals surface area (Å²) in [6.45, 7) is 3.76. The van der Waals surface area contributed by atoms with Crippen molar-refractivity contribution in [3.63, 3.8) is 0 Å². The Morgan fingerprint density at radius 3 is 2.94 bits per heavy atom. The highest BCUT2D eigenvalue weighted by Gasteiger charge is 2.05. The van der Waals surface area contributed by atoms with E-state index in [2.05, 4.69) is 22.2 Å². The highest BCUT2D eigenvalue weighted by Crippen LogP contribution is 2.11. The number of methoxy groups -OCH3 is 1. The molecule has 5 heteroatoms. The lowest BCUT2D eigenvalue weighted by atomic mass is 10.0. The summed E-state index contributed by atoms with van der Waals surface area (Å²) in [6, 6.07) is 0.